The number of imidazole rings is 1. The molecule has 8 heteroatoms. The summed E-state index contributed by atoms with van der Waals surface area (Å²) in [7, 11) is 0. The third kappa shape index (κ3) is 5.41. The van der Waals surface area contributed by atoms with Gasteiger partial charge in [-0.05, 0) is 43.5 Å². The zero-order valence-corrected chi connectivity index (χ0v) is 20.6. The number of anilines is 1. The van der Waals surface area contributed by atoms with Crippen LogP contribution < -0.4 is 10.6 Å². The number of hydrogen-bond acceptors (Lipinski definition) is 7. The second-order valence-corrected chi connectivity index (χ2v) is 9.63. The normalized spacial score (nSPS) is 16.4. The van der Waals surface area contributed by atoms with Crippen LogP contribution in [0.2, 0.25) is 0 Å². The number of fused-ring (bicyclic) bond motifs is 1. The molecule has 36 heavy (non-hydrogen) atoms. The number of nitrogens with zero attached hydrogens (tertiary/aromatic N) is 5. The highest BCUT2D eigenvalue weighted by molar-refractivity contribution is 5.74. The smallest absolute Gasteiger partial charge is 0.180 e. The topological polar surface area (TPSA) is 79.6 Å². The highest BCUT2D eigenvalue weighted by Gasteiger charge is 2.20. The van der Waals surface area contributed by atoms with E-state index >= 15 is 0 Å². The van der Waals surface area contributed by atoms with Crippen molar-refractivity contribution in [1.29, 1.82) is 0 Å². The number of benzene rings is 1. The summed E-state index contributed by atoms with van der Waals surface area (Å²) >= 11 is 0. The molecule has 1 saturated heterocycles. The number of pyridine rings is 1. The molecule has 1 aliphatic carbocycles. The number of ether oxygens (including phenoxy) is 1. The SMILES string of the molecule is c1cc(-c2cn3c(-c4ccc(CNC5CC5)cc4)cnc3c(NCCCN3CCOCC3)n2)ccn1. The van der Waals surface area contributed by atoms with Gasteiger partial charge in [0.1, 0.15) is 0 Å². The second-order valence-electron chi connectivity index (χ2n) is 9.63. The molecule has 3 aromatic heterocycles. The molecule has 8 nitrogen and oxygen atoms in total. The minimum Gasteiger partial charge on any atom is -0.379 e. The maximum Gasteiger partial charge on any atom is 0.180 e. The summed E-state index contributed by atoms with van der Waals surface area (Å²) in [6, 6.07) is 13.5. The molecule has 0 unspecified atom stereocenters. The van der Waals surface area contributed by atoms with E-state index in [1.165, 1.54) is 18.4 Å². The zero-order valence-electron chi connectivity index (χ0n) is 20.6. The predicted octanol–water partition coefficient (Wildman–Crippen LogP) is 3.84. The van der Waals surface area contributed by atoms with Crippen LogP contribution in [0.3, 0.4) is 0 Å². The van der Waals surface area contributed by atoms with E-state index in [1.54, 1.807) is 12.4 Å². The van der Waals surface area contributed by atoms with E-state index in [9.17, 15) is 0 Å². The Morgan fingerprint density at radius 3 is 2.56 bits per heavy atom. The van der Waals surface area contributed by atoms with Gasteiger partial charge in [-0.1, -0.05) is 24.3 Å². The van der Waals surface area contributed by atoms with E-state index in [2.05, 4.69) is 55.4 Å². The molecule has 0 atom stereocenters. The van der Waals surface area contributed by atoms with E-state index in [1.807, 2.05) is 18.3 Å². The van der Waals surface area contributed by atoms with Crippen molar-refractivity contribution in [1.82, 2.24) is 29.6 Å². The van der Waals surface area contributed by atoms with Crippen molar-refractivity contribution < 1.29 is 4.74 Å². The fourth-order valence-corrected chi connectivity index (χ4v) is 4.66. The van der Waals surface area contributed by atoms with E-state index in [0.717, 1.165) is 86.3 Å². The molecule has 0 bridgehead atoms. The van der Waals surface area contributed by atoms with Gasteiger partial charge < -0.3 is 15.4 Å². The maximum absolute atomic E-state index is 5.46. The van der Waals surface area contributed by atoms with Gasteiger partial charge in [-0.25, -0.2) is 9.97 Å². The molecular weight excluding hydrogens is 450 g/mol. The average Bonchev–Trinajstić information content (AvgIpc) is 3.68. The van der Waals surface area contributed by atoms with Crippen LogP contribution in [-0.4, -0.2) is 69.7 Å². The molecule has 0 amide bonds. The Bertz CT molecular complexity index is 1280. The highest BCUT2D eigenvalue weighted by Crippen LogP contribution is 2.28. The monoisotopic (exact) mass is 483 g/mol. The number of hydrogen-bond donors (Lipinski definition) is 2. The van der Waals surface area contributed by atoms with Crippen LogP contribution in [0.25, 0.3) is 28.2 Å². The minimum absolute atomic E-state index is 0.711. The molecule has 1 aromatic carbocycles. The standard InChI is InChI=1S/C28H33N7O/c1(13-34-14-16-36-17-15-34)10-30-27-28-32-19-26(23-4-2-21(3-5-23)18-31-24-6-7-24)35(28)20-25(33-27)22-8-11-29-12-9-22/h2-5,8-9,11-12,19-20,24,31H,1,6-7,10,13-18H2,(H,30,33). The second kappa shape index (κ2) is 10.7. The summed E-state index contributed by atoms with van der Waals surface area (Å²) in [6.45, 7) is 6.50. The van der Waals surface area contributed by atoms with Crippen molar-refractivity contribution >= 4 is 11.5 Å². The lowest BCUT2D eigenvalue weighted by Crippen LogP contribution is -2.37. The molecule has 2 aliphatic rings. The first-order valence-electron chi connectivity index (χ1n) is 13.0. The molecule has 0 spiro atoms. The van der Waals surface area contributed by atoms with E-state index in [-0.39, 0.29) is 0 Å². The Morgan fingerprint density at radius 1 is 0.972 bits per heavy atom. The van der Waals surface area contributed by atoms with Crippen molar-refractivity contribution in [2.24, 2.45) is 0 Å². The lowest BCUT2D eigenvalue weighted by atomic mass is 10.1. The molecule has 4 aromatic rings. The largest absolute Gasteiger partial charge is 0.379 e. The lowest BCUT2D eigenvalue weighted by Gasteiger charge is -2.26. The molecule has 186 valence electrons. The van der Waals surface area contributed by atoms with Crippen LogP contribution in [0.15, 0.2) is 61.2 Å². The van der Waals surface area contributed by atoms with E-state index < -0.39 is 0 Å². The zero-order chi connectivity index (χ0) is 24.2. The third-order valence-corrected chi connectivity index (χ3v) is 6.94. The van der Waals surface area contributed by atoms with Crippen LogP contribution in [0.5, 0.6) is 0 Å². The number of rotatable bonds is 10. The van der Waals surface area contributed by atoms with Gasteiger partial charge in [0, 0.05) is 61.9 Å². The number of morpholine rings is 1. The number of nitrogens with one attached hydrogen (secondary N) is 2. The van der Waals surface area contributed by atoms with Gasteiger partial charge in [0.05, 0.1) is 30.8 Å². The summed E-state index contributed by atoms with van der Waals surface area (Å²) < 4.78 is 7.62. The highest BCUT2D eigenvalue weighted by atomic mass is 16.5. The van der Waals surface area contributed by atoms with Gasteiger partial charge >= 0.3 is 0 Å². The van der Waals surface area contributed by atoms with Crippen LogP contribution in [0.4, 0.5) is 5.82 Å². The molecule has 2 fully saturated rings. The summed E-state index contributed by atoms with van der Waals surface area (Å²) in [6.07, 6.45) is 11.3. The van der Waals surface area contributed by atoms with E-state index in [4.69, 9.17) is 14.7 Å². The maximum atomic E-state index is 5.46. The van der Waals surface area contributed by atoms with Gasteiger partial charge in [-0.2, -0.15) is 0 Å². The van der Waals surface area contributed by atoms with Crippen LogP contribution in [0.1, 0.15) is 24.8 Å². The van der Waals surface area contributed by atoms with Gasteiger partial charge in [-0.3, -0.25) is 14.3 Å². The van der Waals surface area contributed by atoms with E-state index in [0.29, 0.717) is 6.04 Å². The molecule has 1 saturated carbocycles. The molecule has 1 aliphatic heterocycles. The fourth-order valence-electron chi connectivity index (χ4n) is 4.66. The summed E-state index contributed by atoms with van der Waals surface area (Å²) in [5.74, 6) is 0.808. The number of aromatic nitrogens is 4. The van der Waals surface area contributed by atoms with Crippen molar-refractivity contribution in [2.75, 3.05) is 44.7 Å². The van der Waals surface area contributed by atoms with Crippen LogP contribution in [0, 0.1) is 0 Å². The summed E-state index contributed by atoms with van der Waals surface area (Å²) in [4.78, 5) is 16.4. The average molecular weight is 484 g/mol. The Hall–Kier alpha value is -3.33. The van der Waals surface area contributed by atoms with Crippen molar-refractivity contribution in [3.05, 3.63) is 66.7 Å². The fraction of sp³-hybridized carbons (Fsp3) is 0.393. The Balaban J connectivity index is 1.25. The Kier molecular flexibility index (Phi) is 6.89. The van der Waals surface area contributed by atoms with Gasteiger partial charge in [0.15, 0.2) is 11.5 Å². The Morgan fingerprint density at radius 2 is 1.78 bits per heavy atom. The molecule has 0 radical (unpaired) electrons. The molecular formula is C28H33N7O. The Labute approximate surface area is 211 Å². The summed E-state index contributed by atoms with van der Waals surface area (Å²) in [5, 5.41) is 7.15. The van der Waals surface area contributed by atoms with Crippen molar-refractivity contribution in [2.45, 2.75) is 31.8 Å². The van der Waals surface area contributed by atoms with Gasteiger partial charge in [-0.15, -0.1) is 0 Å². The first kappa shape index (κ1) is 23.1. The van der Waals surface area contributed by atoms with Crippen LogP contribution in [-0.2, 0) is 11.3 Å². The molecule has 6 rings (SSSR count). The summed E-state index contributed by atoms with van der Waals surface area (Å²) in [5.41, 5.74) is 6.27. The quantitative estimate of drug-likeness (QED) is 0.332. The lowest BCUT2D eigenvalue weighted by molar-refractivity contribution is 0.0378. The van der Waals surface area contributed by atoms with Crippen LogP contribution >= 0.6 is 0 Å². The van der Waals surface area contributed by atoms with Crippen molar-refractivity contribution in [3.63, 3.8) is 0 Å². The first-order chi connectivity index (χ1) is 17.8. The predicted molar refractivity (Wildman–Crippen MR) is 142 cm³/mol. The molecule has 4 heterocycles. The first-order valence-corrected chi connectivity index (χ1v) is 13.0. The minimum atomic E-state index is 0.711. The van der Waals surface area contributed by atoms with Crippen molar-refractivity contribution in [3.8, 4) is 22.5 Å². The molecule has 2 N–H and O–H groups in total. The van der Waals surface area contributed by atoms with Gasteiger partial charge in [0.25, 0.3) is 0 Å². The van der Waals surface area contributed by atoms with Gasteiger partial charge in [0.2, 0.25) is 0 Å². The third-order valence-electron chi connectivity index (χ3n) is 6.94.